The van der Waals surface area contributed by atoms with Crippen molar-refractivity contribution in [1.29, 1.82) is 0 Å². The number of allylic oxidation sites excluding steroid dienone is 3. The lowest BCUT2D eigenvalue weighted by Crippen LogP contribution is -2.12. The van der Waals surface area contributed by atoms with Gasteiger partial charge in [0.25, 0.3) is 0 Å². The first-order valence-corrected chi connectivity index (χ1v) is 3.57. The number of rotatable bonds is 2. The fourth-order valence-electron chi connectivity index (χ4n) is 0.276. The molecule has 0 aliphatic carbocycles. The normalized spacial score (nSPS) is 10.7. The predicted octanol–water partition coefficient (Wildman–Crippen LogP) is 1.96. The second kappa shape index (κ2) is 11.1. The summed E-state index contributed by atoms with van der Waals surface area (Å²) >= 11 is 0. The summed E-state index contributed by atoms with van der Waals surface area (Å²) in [7, 11) is 0. The Morgan fingerprint density at radius 3 is 2.20 bits per heavy atom. The van der Waals surface area contributed by atoms with Gasteiger partial charge in [0, 0.05) is 6.20 Å². The van der Waals surface area contributed by atoms with Crippen molar-refractivity contribution in [3.63, 3.8) is 0 Å². The first kappa shape index (κ1) is 12.0. The largest absolute Gasteiger partial charge is 0.331 e. The van der Waals surface area contributed by atoms with Gasteiger partial charge < -0.3 is 5.43 Å². The fraction of sp³-hybridized carbons (Fsp3) is 0.500. The highest BCUT2D eigenvalue weighted by Crippen LogP contribution is 1.90. The molecule has 0 bridgehead atoms. The van der Waals surface area contributed by atoms with Crippen molar-refractivity contribution in [1.82, 2.24) is 5.43 Å². The molecule has 0 aromatic rings. The van der Waals surface area contributed by atoms with Crippen LogP contribution in [0.2, 0.25) is 0 Å². The van der Waals surface area contributed by atoms with Gasteiger partial charge in [-0.05, 0) is 19.9 Å². The maximum atomic E-state index is 4.97. The monoisotopic (exact) mass is 142 g/mol. The van der Waals surface area contributed by atoms with E-state index in [9.17, 15) is 0 Å². The van der Waals surface area contributed by atoms with E-state index in [1.54, 1.807) is 6.20 Å². The van der Waals surface area contributed by atoms with Crippen LogP contribution >= 0.6 is 0 Å². The van der Waals surface area contributed by atoms with E-state index in [4.69, 9.17) is 5.84 Å². The molecule has 0 rings (SSSR count). The Morgan fingerprint density at radius 1 is 1.40 bits per heavy atom. The van der Waals surface area contributed by atoms with Gasteiger partial charge in [0.1, 0.15) is 0 Å². The lowest BCUT2D eigenvalue weighted by atomic mass is 10.3. The molecule has 2 nitrogen and oxygen atoms in total. The number of nitrogens with one attached hydrogen (secondary N) is 1. The van der Waals surface area contributed by atoms with Crippen LogP contribution in [-0.4, -0.2) is 0 Å². The highest BCUT2D eigenvalue weighted by Gasteiger charge is 1.71. The summed E-state index contributed by atoms with van der Waals surface area (Å²) < 4.78 is 0. The third-order valence-corrected chi connectivity index (χ3v) is 0.898. The molecule has 0 saturated heterocycles. The van der Waals surface area contributed by atoms with Gasteiger partial charge in [0.15, 0.2) is 0 Å². The van der Waals surface area contributed by atoms with E-state index >= 15 is 0 Å². The van der Waals surface area contributed by atoms with Crippen LogP contribution in [0.4, 0.5) is 0 Å². The third kappa shape index (κ3) is 10.3. The van der Waals surface area contributed by atoms with Gasteiger partial charge in [0.05, 0.1) is 0 Å². The average molecular weight is 142 g/mol. The molecule has 0 amide bonds. The zero-order valence-electron chi connectivity index (χ0n) is 7.31. The minimum Gasteiger partial charge on any atom is -0.331 e. The van der Waals surface area contributed by atoms with E-state index in [0.29, 0.717) is 0 Å². The number of nitrogens with two attached hydrogens (primary N) is 1. The zero-order chi connectivity index (χ0) is 8.41. The smallest absolute Gasteiger partial charge is 0.0125 e. The van der Waals surface area contributed by atoms with Gasteiger partial charge >= 0.3 is 0 Å². The molecule has 0 fully saturated rings. The van der Waals surface area contributed by atoms with Gasteiger partial charge in [-0.2, -0.15) is 0 Å². The van der Waals surface area contributed by atoms with Crippen molar-refractivity contribution >= 4 is 0 Å². The molecular formula is C8H18N2. The SMILES string of the molecule is C/C=C(C)\C=C/NN.CC. The zero-order valence-corrected chi connectivity index (χ0v) is 7.31. The van der Waals surface area contributed by atoms with Gasteiger partial charge in [0.2, 0.25) is 0 Å². The molecule has 0 aromatic heterocycles. The van der Waals surface area contributed by atoms with E-state index in [1.165, 1.54) is 5.57 Å². The van der Waals surface area contributed by atoms with Crippen LogP contribution in [-0.2, 0) is 0 Å². The quantitative estimate of drug-likeness (QED) is 0.351. The van der Waals surface area contributed by atoms with Crippen LogP contribution in [0, 0.1) is 0 Å². The Kier molecular flexibility index (Phi) is 13.3. The summed E-state index contributed by atoms with van der Waals surface area (Å²) in [6.07, 6.45) is 5.60. The number of hydrogen-bond acceptors (Lipinski definition) is 2. The first-order chi connectivity index (χ1) is 4.81. The van der Waals surface area contributed by atoms with E-state index < -0.39 is 0 Å². The lowest BCUT2D eigenvalue weighted by molar-refractivity contribution is 0.966. The molecule has 0 unspecified atom stereocenters. The Bertz CT molecular complexity index is 104. The molecular weight excluding hydrogens is 124 g/mol. The van der Waals surface area contributed by atoms with Crippen LogP contribution < -0.4 is 11.3 Å². The second-order valence-electron chi connectivity index (χ2n) is 1.53. The standard InChI is InChI=1S/C6H12N2.C2H6/c1-3-6(2)4-5-8-7;1-2/h3-5,8H,7H2,1-2H3;1-2H3/b5-4-,6-3-;. The topological polar surface area (TPSA) is 38.0 Å². The maximum Gasteiger partial charge on any atom is 0.0125 e. The van der Waals surface area contributed by atoms with Gasteiger partial charge in [-0.1, -0.05) is 25.5 Å². The van der Waals surface area contributed by atoms with Crippen LogP contribution in [0.5, 0.6) is 0 Å². The minimum absolute atomic E-state index is 1.20. The van der Waals surface area contributed by atoms with Crippen molar-refractivity contribution in [2.45, 2.75) is 27.7 Å². The lowest BCUT2D eigenvalue weighted by Gasteiger charge is -1.86. The van der Waals surface area contributed by atoms with Crippen LogP contribution in [0.1, 0.15) is 27.7 Å². The first-order valence-electron chi connectivity index (χ1n) is 3.57. The molecule has 0 spiro atoms. The van der Waals surface area contributed by atoms with Crippen LogP contribution in [0.25, 0.3) is 0 Å². The van der Waals surface area contributed by atoms with Gasteiger partial charge in [-0.3, -0.25) is 5.84 Å². The average Bonchev–Trinajstić information content (AvgIpc) is 2.04. The molecule has 10 heavy (non-hydrogen) atoms. The summed E-state index contributed by atoms with van der Waals surface area (Å²) in [6.45, 7) is 7.99. The molecule has 0 aliphatic heterocycles. The predicted molar refractivity (Wildman–Crippen MR) is 47.2 cm³/mol. The summed E-state index contributed by atoms with van der Waals surface area (Å²) in [5.74, 6) is 4.97. The van der Waals surface area contributed by atoms with E-state index in [2.05, 4.69) is 5.43 Å². The number of hydrazine groups is 1. The highest BCUT2D eigenvalue weighted by atomic mass is 15.2. The fourth-order valence-corrected chi connectivity index (χ4v) is 0.276. The second-order valence-corrected chi connectivity index (χ2v) is 1.53. The van der Waals surface area contributed by atoms with Crippen LogP contribution in [0.15, 0.2) is 23.9 Å². The highest BCUT2D eigenvalue weighted by molar-refractivity contribution is 5.13. The Labute approximate surface area is 63.8 Å². The van der Waals surface area contributed by atoms with E-state index in [0.717, 1.165) is 0 Å². The summed E-state index contributed by atoms with van der Waals surface area (Å²) in [5, 5.41) is 0. The molecule has 2 heteroatoms. The molecule has 60 valence electrons. The molecule has 0 radical (unpaired) electrons. The minimum atomic E-state index is 1.20. The Morgan fingerprint density at radius 2 is 1.90 bits per heavy atom. The Balaban J connectivity index is 0. The van der Waals surface area contributed by atoms with Crippen molar-refractivity contribution in [2.24, 2.45) is 5.84 Å². The van der Waals surface area contributed by atoms with E-state index in [-0.39, 0.29) is 0 Å². The molecule has 0 aliphatic rings. The molecule has 0 atom stereocenters. The summed E-state index contributed by atoms with van der Waals surface area (Å²) in [6, 6.07) is 0. The molecule has 3 N–H and O–H groups in total. The van der Waals surface area contributed by atoms with Crippen molar-refractivity contribution in [3.8, 4) is 0 Å². The maximum absolute atomic E-state index is 4.97. The Hall–Kier alpha value is -0.760. The van der Waals surface area contributed by atoms with Crippen molar-refractivity contribution in [2.75, 3.05) is 0 Å². The molecule has 0 saturated carbocycles. The summed E-state index contributed by atoms with van der Waals surface area (Å²) in [5.41, 5.74) is 3.61. The van der Waals surface area contributed by atoms with E-state index in [1.807, 2.05) is 39.8 Å². The van der Waals surface area contributed by atoms with Gasteiger partial charge in [-0.25, -0.2) is 0 Å². The van der Waals surface area contributed by atoms with Gasteiger partial charge in [-0.15, -0.1) is 0 Å². The van der Waals surface area contributed by atoms with Crippen molar-refractivity contribution < 1.29 is 0 Å². The molecule has 0 heterocycles. The number of hydrogen-bond donors (Lipinski definition) is 2. The summed E-state index contributed by atoms with van der Waals surface area (Å²) in [4.78, 5) is 0. The molecule has 0 aromatic carbocycles. The van der Waals surface area contributed by atoms with Crippen molar-refractivity contribution in [3.05, 3.63) is 23.9 Å². The van der Waals surface area contributed by atoms with Crippen LogP contribution in [0.3, 0.4) is 0 Å². The third-order valence-electron chi connectivity index (χ3n) is 0.898.